The summed E-state index contributed by atoms with van der Waals surface area (Å²) in [6, 6.07) is 0. The first-order valence-corrected chi connectivity index (χ1v) is 25.6. The van der Waals surface area contributed by atoms with Crippen molar-refractivity contribution in [3.05, 3.63) is 60.8 Å². The van der Waals surface area contributed by atoms with Crippen molar-refractivity contribution in [1.29, 1.82) is 0 Å². The Labute approximate surface area is 373 Å². The van der Waals surface area contributed by atoms with Gasteiger partial charge in [-0.25, -0.2) is 4.57 Å². The summed E-state index contributed by atoms with van der Waals surface area (Å²) >= 11 is 0. The molecule has 0 fully saturated rings. The van der Waals surface area contributed by atoms with E-state index >= 15 is 0 Å². The van der Waals surface area contributed by atoms with Crippen molar-refractivity contribution in [2.45, 2.75) is 199 Å². The average Bonchev–Trinajstić information content (AvgIpc) is 3.21. The van der Waals surface area contributed by atoms with E-state index in [4.69, 9.17) is 18.5 Å². The number of phosphoric ester groups is 1. The van der Waals surface area contributed by atoms with Gasteiger partial charge in [0.1, 0.15) is 19.8 Å². The number of quaternary nitrogens is 1. The van der Waals surface area contributed by atoms with Gasteiger partial charge in [0.25, 0.3) is 0 Å². The van der Waals surface area contributed by atoms with E-state index in [1.54, 1.807) is 12.2 Å². The molecule has 2 unspecified atom stereocenters. The van der Waals surface area contributed by atoms with E-state index in [-0.39, 0.29) is 26.1 Å². The molecule has 0 aliphatic rings. The fourth-order valence-electron chi connectivity index (χ4n) is 6.29. The molecule has 0 saturated carbocycles. The molecule has 0 heterocycles. The Kier molecular flexibility index (Phi) is 40.1. The monoisotopic (exact) mass is 881 g/mol. The third-order valence-corrected chi connectivity index (χ3v) is 11.1. The average molecular weight is 881 g/mol. The standard InChI is InChI=1S/C50H90NO9P/c1-6-8-10-12-14-16-18-20-21-22-23-24-25-27-29-31-33-35-37-41-49(53)57-45-48(46-59-61(55,56)58-44-43-51(3,4)5)60-50(54)42-38-40-47(52)39-36-34-32-30-28-26-19-17-15-13-11-9-7-2/h14,16,20-21,26,28,32,34,36,39,47-48,52H,6-13,15,17-19,22-25,27,29-31,33,35,37-38,40-46H2,1-5H3/p+1/b16-14-,21-20-,28-26+,34-32+,39-36+/t47?,48-/m1/s1. The van der Waals surface area contributed by atoms with Crippen LogP contribution in [-0.2, 0) is 32.7 Å². The van der Waals surface area contributed by atoms with Gasteiger partial charge in [-0.3, -0.25) is 18.6 Å². The third-order valence-electron chi connectivity index (χ3n) is 10.1. The summed E-state index contributed by atoms with van der Waals surface area (Å²) in [5.41, 5.74) is 0. The van der Waals surface area contributed by atoms with Crippen LogP contribution < -0.4 is 0 Å². The Hall–Kier alpha value is -2.33. The second kappa shape index (κ2) is 41.7. The zero-order valence-electron chi connectivity index (χ0n) is 39.5. The van der Waals surface area contributed by atoms with Crippen LogP contribution in [0.1, 0.15) is 187 Å². The van der Waals surface area contributed by atoms with Gasteiger partial charge in [-0.2, -0.15) is 0 Å². The molecule has 0 aromatic carbocycles. The molecule has 0 spiro atoms. The zero-order valence-corrected chi connectivity index (χ0v) is 40.4. The minimum absolute atomic E-state index is 0.00475. The fourth-order valence-corrected chi connectivity index (χ4v) is 7.03. The van der Waals surface area contributed by atoms with Crippen LogP contribution in [0, 0.1) is 0 Å². The Morgan fingerprint density at radius 2 is 1.08 bits per heavy atom. The second-order valence-electron chi connectivity index (χ2n) is 17.3. The Morgan fingerprint density at radius 1 is 0.590 bits per heavy atom. The summed E-state index contributed by atoms with van der Waals surface area (Å²) < 4.78 is 34.2. The number of aliphatic hydroxyl groups is 1. The Bertz CT molecular complexity index is 1240. The summed E-state index contributed by atoms with van der Waals surface area (Å²) in [5, 5.41) is 10.3. The van der Waals surface area contributed by atoms with Crippen molar-refractivity contribution in [2.75, 3.05) is 47.5 Å². The first-order valence-electron chi connectivity index (χ1n) is 24.1. The van der Waals surface area contributed by atoms with Gasteiger partial charge in [-0.05, 0) is 70.6 Å². The van der Waals surface area contributed by atoms with E-state index in [1.807, 2.05) is 33.3 Å². The minimum atomic E-state index is -4.43. The molecular formula is C50H91NO9P+. The van der Waals surface area contributed by atoms with Crippen LogP contribution >= 0.6 is 7.82 Å². The third kappa shape index (κ3) is 45.5. The highest BCUT2D eigenvalue weighted by atomic mass is 31.2. The molecule has 0 aliphatic heterocycles. The first kappa shape index (κ1) is 58.7. The zero-order chi connectivity index (χ0) is 45.1. The maximum Gasteiger partial charge on any atom is 0.472 e. The van der Waals surface area contributed by atoms with Crippen LogP contribution in [0.15, 0.2) is 60.8 Å². The SMILES string of the molecule is CCCCC/C=C\C/C=C\CCCCCCCCCCCC(=O)OC[C@H](COP(=O)(O)OCC[N+](C)(C)C)OC(=O)CCCC(O)/C=C/C=C/C/C=C/CCCCCCCC. The normalized spacial score (nSPS) is 14.5. The van der Waals surface area contributed by atoms with Crippen LogP contribution in [-0.4, -0.2) is 86.1 Å². The molecule has 61 heavy (non-hydrogen) atoms. The molecule has 10 nitrogen and oxygen atoms in total. The van der Waals surface area contributed by atoms with Gasteiger partial charge >= 0.3 is 19.8 Å². The molecule has 0 amide bonds. The number of aliphatic hydroxyl groups excluding tert-OH is 1. The van der Waals surface area contributed by atoms with Crippen LogP contribution in [0.4, 0.5) is 0 Å². The lowest BCUT2D eigenvalue weighted by Crippen LogP contribution is -2.37. The predicted molar refractivity (Wildman–Crippen MR) is 253 cm³/mol. The van der Waals surface area contributed by atoms with Gasteiger partial charge in [-0.15, -0.1) is 0 Å². The van der Waals surface area contributed by atoms with Gasteiger partial charge in [0, 0.05) is 12.8 Å². The topological polar surface area (TPSA) is 129 Å². The highest BCUT2D eigenvalue weighted by molar-refractivity contribution is 7.47. The Morgan fingerprint density at radius 3 is 1.66 bits per heavy atom. The summed E-state index contributed by atoms with van der Waals surface area (Å²) in [5.74, 6) is -1.00. The highest BCUT2D eigenvalue weighted by Crippen LogP contribution is 2.43. The number of hydrogen-bond donors (Lipinski definition) is 2. The quantitative estimate of drug-likeness (QED) is 0.0154. The number of carbonyl (C=O) groups excluding carboxylic acids is 2. The largest absolute Gasteiger partial charge is 0.472 e. The second-order valence-corrected chi connectivity index (χ2v) is 18.8. The number of nitrogens with zero attached hydrogens (tertiary/aromatic N) is 1. The number of likely N-dealkylation sites (N-methyl/N-ethyl adjacent to an activating group) is 1. The van der Waals surface area contributed by atoms with Crippen LogP contribution in [0.25, 0.3) is 0 Å². The number of carbonyl (C=O) groups is 2. The maximum absolute atomic E-state index is 12.7. The number of esters is 2. The molecule has 11 heteroatoms. The molecule has 0 rings (SSSR count). The lowest BCUT2D eigenvalue weighted by molar-refractivity contribution is -0.870. The van der Waals surface area contributed by atoms with Gasteiger partial charge < -0.3 is 24.0 Å². The van der Waals surface area contributed by atoms with Crippen molar-refractivity contribution < 1.29 is 47.2 Å². The number of ether oxygens (including phenoxy) is 2. The number of hydrogen-bond acceptors (Lipinski definition) is 8. The van der Waals surface area contributed by atoms with E-state index < -0.39 is 38.6 Å². The molecule has 0 aliphatic carbocycles. The van der Waals surface area contributed by atoms with Gasteiger partial charge in [0.15, 0.2) is 6.10 Å². The van der Waals surface area contributed by atoms with Crippen molar-refractivity contribution in [2.24, 2.45) is 0 Å². The number of unbranched alkanes of at least 4 members (excludes halogenated alkanes) is 18. The highest BCUT2D eigenvalue weighted by Gasteiger charge is 2.27. The lowest BCUT2D eigenvalue weighted by atomic mass is 10.1. The van der Waals surface area contributed by atoms with Gasteiger partial charge in [0.05, 0.1) is 33.9 Å². The molecule has 3 atom stereocenters. The summed E-state index contributed by atoms with van der Waals surface area (Å²) in [6.45, 7) is 4.17. The minimum Gasteiger partial charge on any atom is -0.462 e. The number of phosphoric acid groups is 1. The number of allylic oxidation sites excluding steroid dienone is 9. The van der Waals surface area contributed by atoms with E-state index in [0.29, 0.717) is 30.3 Å². The molecule has 0 aromatic heterocycles. The van der Waals surface area contributed by atoms with Gasteiger partial charge in [0.2, 0.25) is 0 Å². The Balaban J connectivity index is 4.48. The van der Waals surface area contributed by atoms with Crippen molar-refractivity contribution in [1.82, 2.24) is 0 Å². The van der Waals surface area contributed by atoms with E-state index in [2.05, 4.69) is 50.3 Å². The van der Waals surface area contributed by atoms with E-state index in [1.165, 1.54) is 96.3 Å². The van der Waals surface area contributed by atoms with Crippen molar-refractivity contribution in [3.8, 4) is 0 Å². The summed E-state index contributed by atoms with van der Waals surface area (Å²) in [7, 11) is 1.36. The van der Waals surface area contributed by atoms with Crippen LogP contribution in [0.5, 0.6) is 0 Å². The molecule has 0 radical (unpaired) electrons. The summed E-state index contributed by atoms with van der Waals surface area (Å²) in [4.78, 5) is 35.5. The fraction of sp³-hybridized carbons (Fsp3) is 0.760. The van der Waals surface area contributed by atoms with Gasteiger partial charge in [-0.1, -0.05) is 164 Å². The smallest absolute Gasteiger partial charge is 0.462 e. The van der Waals surface area contributed by atoms with Crippen LogP contribution in [0.3, 0.4) is 0 Å². The molecular weight excluding hydrogens is 790 g/mol. The van der Waals surface area contributed by atoms with Crippen molar-refractivity contribution in [3.63, 3.8) is 0 Å². The first-order chi connectivity index (χ1) is 29.4. The van der Waals surface area contributed by atoms with Crippen molar-refractivity contribution >= 4 is 19.8 Å². The molecule has 354 valence electrons. The van der Waals surface area contributed by atoms with Crippen LogP contribution in [0.2, 0.25) is 0 Å². The molecule has 0 bridgehead atoms. The maximum atomic E-state index is 12.7. The molecule has 0 aromatic rings. The molecule has 0 saturated heterocycles. The van der Waals surface area contributed by atoms with E-state index in [0.717, 1.165) is 44.9 Å². The number of rotatable bonds is 43. The lowest BCUT2D eigenvalue weighted by Gasteiger charge is -2.24. The summed E-state index contributed by atoms with van der Waals surface area (Å²) in [6.07, 6.45) is 47.3. The predicted octanol–water partition coefficient (Wildman–Crippen LogP) is 13.0. The molecule has 2 N–H and O–H groups in total. The van der Waals surface area contributed by atoms with E-state index in [9.17, 15) is 24.2 Å².